The number of unbranched alkanes of at least 4 members (excludes halogenated alkanes) is 4. The van der Waals surface area contributed by atoms with Crippen LogP contribution in [0.4, 0.5) is 0 Å². The van der Waals surface area contributed by atoms with Crippen molar-refractivity contribution in [2.45, 2.75) is 43.5 Å². The van der Waals surface area contributed by atoms with Crippen molar-refractivity contribution < 1.29 is 0 Å². The van der Waals surface area contributed by atoms with Crippen LogP contribution >= 0.6 is 0 Å². The molecule has 0 bridgehead atoms. The predicted molar refractivity (Wildman–Crippen MR) is 65.4 cm³/mol. The normalized spacial score (nSPS) is 10.4. The average molecular weight is 304 g/mol. The van der Waals surface area contributed by atoms with E-state index in [9.17, 15) is 0 Å². The van der Waals surface area contributed by atoms with Crippen LogP contribution in [-0.2, 0) is 0 Å². The van der Waals surface area contributed by atoms with Crippen molar-refractivity contribution in [2.75, 3.05) is 0 Å². The minimum atomic E-state index is 0.131. The molecule has 78 valence electrons. The Balaban J connectivity index is 1.99. The average Bonchev–Trinajstić information content (AvgIpc) is 2.25. The van der Waals surface area contributed by atoms with Crippen LogP contribution in [0.5, 0.6) is 0 Å². The summed E-state index contributed by atoms with van der Waals surface area (Å²) in [6.07, 6.45) is 7.13. The molecule has 0 unspecified atom stereocenters. The Morgan fingerprint density at radius 3 is 2.36 bits per heavy atom. The van der Waals surface area contributed by atoms with E-state index in [0.29, 0.717) is 0 Å². The summed E-state index contributed by atoms with van der Waals surface area (Å²) < 4.78 is 3.10. The van der Waals surface area contributed by atoms with E-state index in [1.165, 1.54) is 36.6 Å². The molecule has 0 amide bonds. The van der Waals surface area contributed by atoms with Crippen molar-refractivity contribution in [3.63, 3.8) is 0 Å². The second kappa shape index (κ2) is 8.33. The first kappa shape index (κ1) is 12.1. The van der Waals surface area contributed by atoms with Crippen LogP contribution in [0.3, 0.4) is 0 Å². The fraction of sp³-hybridized carbons (Fsp3) is 0.538. The topological polar surface area (TPSA) is 0 Å². The molecule has 0 saturated carbocycles. The molecule has 0 heterocycles. The van der Waals surface area contributed by atoms with Gasteiger partial charge < -0.3 is 0 Å². The van der Waals surface area contributed by atoms with Gasteiger partial charge in [-0.05, 0) is 0 Å². The summed E-state index contributed by atoms with van der Waals surface area (Å²) in [4.78, 5) is 0. The van der Waals surface area contributed by atoms with Gasteiger partial charge >= 0.3 is 98.4 Å². The zero-order valence-corrected chi connectivity index (χ0v) is 11.4. The molecule has 0 spiro atoms. The SMILES string of the molecule is CCCCCCC[Te]c1ccccc1. The van der Waals surface area contributed by atoms with Crippen LogP contribution in [-0.4, -0.2) is 20.9 Å². The second-order valence-corrected chi connectivity index (χ2v) is 6.91. The molecule has 0 aliphatic rings. The van der Waals surface area contributed by atoms with Crippen LogP contribution in [0.15, 0.2) is 30.3 Å². The summed E-state index contributed by atoms with van der Waals surface area (Å²) >= 11 is 0.131. The van der Waals surface area contributed by atoms with Crippen molar-refractivity contribution >= 4 is 24.5 Å². The molecular weight excluding hydrogens is 284 g/mol. The van der Waals surface area contributed by atoms with E-state index in [-0.39, 0.29) is 20.9 Å². The van der Waals surface area contributed by atoms with Crippen LogP contribution in [0, 0.1) is 0 Å². The summed E-state index contributed by atoms with van der Waals surface area (Å²) in [6.45, 7) is 2.28. The van der Waals surface area contributed by atoms with Gasteiger partial charge in [0.1, 0.15) is 0 Å². The summed E-state index contributed by atoms with van der Waals surface area (Å²) in [5.74, 6) is 0. The van der Waals surface area contributed by atoms with Gasteiger partial charge in [0, 0.05) is 0 Å². The molecular formula is C13H20Te. The van der Waals surface area contributed by atoms with Crippen LogP contribution in [0.25, 0.3) is 0 Å². The zero-order chi connectivity index (χ0) is 10.1. The predicted octanol–water partition coefficient (Wildman–Crippen LogP) is 3.40. The van der Waals surface area contributed by atoms with Crippen molar-refractivity contribution in [3.8, 4) is 0 Å². The first-order chi connectivity index (χ1) is 6.93. The van der Waals surface area contributed by atoms with E-state index >= 15 is 0 Å². The van der Waals surface area contributed by atoms with Gasteiger partial charge in [0.05, 0.1) is 0 Å². The number of hydrogen-bond acceptors (Lipinski definition) is 0. The summed E-state index contributed by atoms with van der Waals surface area (Å²) in [5, 5.41) is 0. The third-order valence-corrected chi connectivity index (χ3v) is 5.39. The minimum absolute atomic E-state index is 0.131. The van der Waals surface area contributed by atoms with E-state index in [0.717, 1.165) is 0 Å². The molecule has 0 atom stereocenters. The van der Waals surface area contributed by atoms with E-state index < -0.39 is 0 Å². The molecule has 0 aliphatic heterocycles. The molecule has 0 fully saturated rings. The first-order valence-electron chi connectivity index (χ1n) is 5.61. The number of rotatable bonds is 7. The van der Waals surface area contributed by atoms with Gasteiger partial charge in [-0.3, -0.25) is 0 Å². The molecule has 0 nitrogen and oxygen atoms in total. The maximum atomic E-state index is 2.29. The van der Waals surface area contributed by atoms with Gasteiger partial charge in [0.15, 0.2) is 0 Å². The summed E-state index contributed by atoms with van der Waals surface area (Å²) in [5.41, 5.74) is 0. The van der Waals surface area contributed by atoms with Crippen LogP contribution < -0.4 is 3.61 Å². The van der Waals surface area contributed by atoms with E-state index in [2.05, 4.69) is 37.3 Å². The maximum absolute atomic E-state index is 2.29. The third kappa shape index (κ3) is 5.68. The van der Waals surface area contributed by atoms with Crippen molar-refractivity contribution in [2.24, 2.45) is 0 Å². The van der Waals surface area contributed by atoms with Gasteiger partial charge in [-0.25, -0.2) is 0 Å². The standard InChI is InChI=1S/C13H20Te/c1-2-3-4-5-9-12-14-13-10-7-6-8-11-13/h6-8,10-11H,2-5,9,12H2,1H3. The molecule has 0 N–H and O–H groups in total. The molecule has 1 heteroatoms. The Bertz CT molecular complexity index is 218. The molecule has 0 aromatic heterocycles. The number of benzene rings is 1. The molecule has 1 aromatic rings. The van der Waals surface area contributed by atoms with Crippen molar-refractivity contribution in [1.29, 1.82) is 0 Å². The molecule has 0 aliphatic carbocycles. The Hall–Kier alpha value is 0.00961. The Kier molecular flexibility index (Phi) is 7.19. The van der Waals surface area contributed by atoms with Crippen LogP contribution in [0.2, 0.25) is 4.47 Å². The molecule has 0 saturated heterocycles. The Morgan fingerprint density at radius 1 is 0.929 bits per heavy atom. The van der Waals surface area contributed by atoms with E-state index in [1.807, 2.05) is 0 Å². The molecule has 1 aromatic carbocycles. The second-order valence-electron chi connectivity index (χ2n) is 3.58. The van der Waals surface area contributed by atoms with Gasteiger partial charge in [-0.2, -0.15) is 0 Å². The summed E-state index contributed by atoms with van der Waals surface area (Å²) in [7, 11) is 0. The van der Waals surface area contributed by atoms with E-state index in [1.54, 1.807) is 3.61 Å². The zero-order valence-electron chi connectivity index (χ0n) is 9.04. The molecule has 0 radical (unpaired) electrons. The van der Waals surface area contributed by atoms with Gasteiger partial charge in [-0.1, -0.05) is 0 Å². The molecule has 1 rings (SSSR count). The third-order valence-electron chi connectivity index (χ3n) is 2.26. The fourth-order valence-corrected chi connectivity index (χ4v) is 4.08. The Morgan fingerprint density at radius 2 is 1.64 bits per heavy atom. The Labute approximate surface area is 98.2 Å². The number of hydrogen-bond donors (Lipinski definition) is 0. The van der Waals surface area contributed by atoms with Gasteiger partial charge in [0.25, 0.3) is 0 Å². The van der Waals surface area contributed by atoms with Gasteiger partial charge in [0.2, 0.25) is 0 Å². The quantitative estimate of drug-likeness (QED) is 0.535. The van der Waals surface area contributed by atoms with Crippen molar-refractivity contribution in [1.82, 2.24) is 0 Å². The van der Waals surface area contributed by atoms with E-state index in [4.69, 9.17) is 0 Å². The van der Waals surface area contributed by atoms with Crippen LogP contribution in [0.1, 0.15) is 39.0 Å². The van der Waals surface area contributed by atoms with Crippen molar-refractivity contribution in [3.05, 3.63) is 30.3 Å². The molecule has 14 heavy (non-hydrogen) atoms. The van der Waals surface area contributed by atoms with Gasteiger partial charge in [-0.15, -0.1) is 0 Å². The fourth-order valence-electron chi connectivity index (χ4n) is 1.41. The summed E-state index contributed by atoms with van der Waals surface area (Å²) in [6, 6.07) is 11.0. The first-order valence-corrected chi connectivity index (χ1v) is 8.42. The monoisotopic (exact) mass is 306 g/mol.